The lowest BCUT2D eigenvalue weighted by molar-refractivity contribution is 0.224. The van der Waals surface area contributed by atoms with Crippen molar-refractivity contribution in [3.63, 3.8) is 0 Å². The molecule has 0 amide bonds. The Bertz CT molecular complexity index is 280. The fourth-order valence-electron chi connectivity index (χ4n) is 1.85. The molecule has 0 saturated carbocycles. The van der Waals surface area contributed by atoms with Gasteiger partial charge in [0.25, 0.3) is 0 Å². The van der Waals surface area contributed by atoms with Gasteiger partial charge in [-0.1, -0.05) is 37.6 Å². The van der Waals surface area contributed by atoms with Gasteiger partial charge >= 0.3 is 0 Å². The van der Waals surface area contributed by atoms with Crippen molar-refractivity contribution in [2.45, 2.75) is 19.9 Å². The maximum atomic E-state index is 5.86. The number of likely N-dealkylation sites (N-methyl/N-ethyl adjacent to an activating group) is 1. The number of hydrogen-bond donors (Lipinski definition) is 1. The predicted molar refractivity (Wildman–Crippen MR) is 66.2 cm³/mol. The lowest BCUT2D eigenvalue weighted by Crippen LogP contribution is -2.33. The van der Waals surface area contributed by atoms with Crippen LogP contribution >= 0.6 is 11.6 Å². The van der Waals surface area contributed by atoms with E-state index in [0.29, 0.717) is 12.6 Å². The molecule has 0 heterocycles. The Morgan fingerprint density at radius 2 is 1.73 bits per heavy atom. The van der Waals surface area contributed by atoms with Crippen LogP contribution in [0, 0.1) is 0 Å². The van der Waals surface area contributed by atoms with Gasteiger partial charge in [0.05, 0.1) is 0 Å². The first-order chi connectivity index (χ1) is 7.22. The van der Waals surface area contributed by atoms with Crippen molar-refractivity contribution >= 4 is 11.6 Å². The molecule has 0 saturated heterocycles. The first-order valence-corrected chi connectivity index (χ1v) is 5.80. The average molecular weight is 227 g/mol. The van der Waals surface area contributed by atoms with Crippen LogP contribution in [0.2, 0.25) is 5.02 Å². The maximum Gasteiger partial charge on any atom is 0.0470 e. The van der Waals surface area contributed by atoms with Crippen molar-refractivity contribution in [1.29, 1.82) is 0 Å². The normalized spacial score (nSPS) is 13.1. The van der Waals surface area contributed by atoms with E-state index in [1.807, 2.05) is 12.1 Å². The quantitative estimate of drug-likeness (QED) is 0.837. The molecule has 84 valence electrons. The maximum absolute atomic E-state index is 5.86. The molecule has 1 aromatic carbocycles. The summed E-state index contributed by atoms with van der Waals surface area (Å²) in [6.07, 6.45) is 0. The zero-order valence-corrected chi connectivity index (χ0v) is 10.2. The van der Waals surface area contributed by atoms with E-state index in [2.05, 4.69) is 30.9 Å². The number of nitrogens with zero attached hydrogens (tertiary/aromatic N) is 1. The van der Waals surface area contributed by atoms with Crippen LogP contribution in [0.4, 0.5) is 0 Å². The van der Waals surface area contributed by atoms with Crippen LogP contribution in [0.25, 0.3) is 0 Å². The third-order valence-electron chi connectivity index (χ3n) is 2.73. The molecular weight excluding hydrogens is 208 g/mol. The average Bonchev–Trinajstić information content (AvgIpc) is 2.27. The second kappa shape index (κ2) is 6.11. The lowest BCUT2D eigenvalue weighted by Gasteiger charge is -2.28. The van der Waals surface area contributed by atoms with Crippen LogP contribution < -0.4 is 5.73 Å². The van der Waals surface area contributed by atoms with E-state index in [4.69, 9.17) is 17.3 Å². The van der Waals surface area contributed by atoms with Crippen molar-refractivity contribution in [2.75, 3.05) is 19.6 Å². The number of rotatable bonds is 5. The number of halogens is 1. The highest BCUT2D eigenvalue weighted by Crippen LogP contribution is 2.21. The Kier molecular flexibility index (Phi) is 5.09. The summed E-state index contributed by atoms with van der Waals surface area (Å²) in [7, 11) is 0. The summed E-state index contributed by atoms with van der Waals surface area (Å²) in [5.74, 6) is 0. The molecule has 0 aliphatic carbocycles. The number of hydrogen-bond acceptors (Lipinski definition) is 2. The zero-order valence-electron chi connectivity index (χ0n) is 9.41. The Morgan fingerprint density at radius 3 is 2.13 bits per heavy atom. The molecule has 0 bridgehead atoms. The number of benzene rings is 1. The van der Waals surface area contributed by atoms with Crippen molar-refractivity contribution in [1.82, 2.24) is 4.90 Å². The molecular formula is C12H19ClN2. The molecule has 0 aromatic heterocycles. The van der Waals surface area contributed by atoms with Gasteiger partial charge in [0, 0.05) is 17.6 Å². The van der Waals surface area contributed by atoms with E-state index in [-0.39, 0.29) is 0 Å². The first kappa shape index (κ1) is 12.5. The first-order valence-electron chi connectivity index (χ1n) is 5.42. The van der Waals surface area contributed by atoms with Crippen molar-refractivity contribution < 1.29 is 0 Å². The number of nitrogens with two attached hydrogens (primary N) is 1. The van der Waals surface area contributed by atoms with Gasteiger partial charge in [0.15, 0.2) is 0 Å². The standard InChI is InChI=1S/C12H19ClN2/c1-3-15(4-2)12(9-14)10-5-7-11(13)8-6-10/h5-8,12H,3-4,9,14H2,1-2H3/t12-/m1/s1. The Hall–Kier alpha value is -0.570. The monoisotopic (exact) mass is 226 g/mol. The van der Waals surface area contributed by atoms with Gasteiger partial charge in [-0.15, -0.1) is 0 Å². The van der Waals surface area contributed by atoms with E-state index < -0.39 is 0 Å². The summed E-state index contributed by atoms with van der Waals surface area (Å²) >= 11 is 5.86. The fourth-order valence-corrected chi connectivity index (χ4v) is 1.97. The smallest absolute Gasteiger partial charge is 0.0470 e. The Labute approximate surface area is 97.0 Å². The van der Waals surface area contributed by atoms with E-state index in [9.17, 15) is 0 Å². The van der Waals surface area contributed by atoms with Crippen molar-refractivity contribution in [3.8, 4) is 0 Å². The molecule has 2 nitrogen and oxygen atoms in total. The summed E-state index contributed by atoms with van der Waals surface area (Å²) < 4.78 is 0. The zero-order chi connectivity index (χ0) is 11.3. The van der Waals surface area contributed by atoms with Crippen LogP contribution in [-0.2, 0) is 0 Å². The second-order valence-electron chi connectivity index (χ2n) is 3.52. The Morgan fingerprint density at radius 1 is 1.20 bits per heavy atom. The van der Waals surface area contributed by atoms with Crippen molar-refractivity contribution in [2.24, 2.45) is 5.73 Å². The summed E-state index contributed by atoms with van der Waals surface area (Å²) in [5.41, 5.74) is 7.06. The molecule has 0 aliphatic heterocycles. The summed E-state index contributed by atoms with van der Waals surface area (Å²) in [4.78, 5) is 2.35. The van der Waals surface area contributed by atoms with E-state index >= 15 is 0 Å². The van der Waals surface area contributed by atoms with Crippen LogP contribution in [0.5, 0.6) is 0 Å². The molecule has 0 aliphatic rings. The topological polar surface area (TPSA) is 29.3 Å². The molecule has 1 atom stereocenters. The minimum Gasteiger partial charge on any atom is -0.329 e. The fraction of sp³-hybridized carbons (Fsp3) is 0.500. The minimum atomic E-state index is 0.303. The van der Waals surface area contributed by atoms with Crippen LogP contribution in [0.1, 0.15) is 25.5 Å². The van der Waals surface area contributed by atoms with Crippen LogP contribution in [0.15, 0.2) is 24.3 Å². The summed E-state index contributed by atoms with van der Waals surface area (Å²) in [6.45, 7) is 6.98. The van der Waals surface area contributed by atoms with Crippen LogP contribution in [0.3, 0.4) is 0 Å². The molecule has 0 unspecified atom stereocenters. The third-order valence-corrected chi connectivity index (χ3v) is 2.98. The molecule has 2 N–H and O–H groups in total. The van der Waals surface area contributed by atoms with Gasteiger partial charge < -0.3 is 5.73 Å². The van der Waals surface area contributed by atoms with E-state index in [0.717, 1.165) is 18.1 Å². The molecule has 15 heavy (non-hydrogen) atoms. The highest BCUT2D eigenvalue weighted by molar-refractivity contribution is 6.30. The molecule has 0 spiro atoms. The highest BCUT2D eigenvalue weighted by atomic mass is 35.5. The third kappa shape index (κ3) is 3.20. The summed E-state index contributed by atoms with van der Waals surface area (Å²) in [5, 5.41) is 0.772. The minimum absolute atomic E-state index is 0.303. The largest absolute Gasteiger partial charge is 0.329 e. The van der Waals surface area contributed by atoms with Gasteiger partial charge in [0.2, 0.25) is 0 Å². The lowest BCUT2D eigenvalue weighted by atomic mass is 10.1. The summed E-state index contributed by atoms with van der Waals surface area (Å²) in [6, 6.07) is 8.25. The molecule has 1 aromatic rings. The van der Waals surface area contributed by atoms with Crippen LogP contribution in [-0.4, -0.2) is 24.5 Å². The van der Waals surface area contributed by atoms with Gasteiger partial charge in [-0.2, -0.15) is 0 Å². The van der Waals surface area contributed by atoms with E-state index in [1.54, 1.807) is 0 Å². The predicted octanol–water partition coefficient (Wildman–Crippen LogP) is 2.68. The molecule has 0 fully saturated rings. The highest BCUT2D eigenvalue weighted by Gasteiger charge is 2.15. The van der Waals surface area contributed by atoms with E-state index in [1.165, 1.54) is 5.56 Å². The molecule has 0 radical (unpaired) electrons. The Balaban J connectivity index is 2.86. The SMILES string of the molecule is CCN(CC)[C@H](CN)c1ccc(Cl)cc1. The van der Waals surface area contributed by atoms with Crippen molar-refractivity contribution in [3.05, 3.63) is 34.9 Å². The van der Waals surface area contributed by atoms with Gasteiger partial charge in [0.1, 0.15) is 0 Å². The molecule has 1 rings (SSSR count). The molecule has 3 heteroatoms. The second-order valence-corrected chi connectivity index (χ2v) is 3.96. The van der Waals surface area contributed by atoms with Gasteiger partial charge in [-0.25, -0.2) is 0 Å². The van der Waals surface area contributed by atoms with Gasteiger partial charge in [-0.05, 0) is 30.8 Å². The van der Waals surface area contributed by atoms with Gasteiger partial charge in [-0.3, -0.25) is 4.90 Å².